The molecule has 0 unspecified atom stereocenters. The standard InChI is InChI=1S/C18H27NO4/c1-4-10-19(13-15-7-5-6-11-23-15)18(20)16-9-8-14(21-2)12-17(16)22-3/h8-9,12,15H,4-7,10-11,13H2,1-3H3/t15-/m0/s1. The van der Waals surface area contributed by atoms with Gasteiger partial charge < -0.3 is 19.1 Å². The van der Waals surface area contributed by atoms with Gasteiger partial charge in [-0.2, -0.15) is 0 Å². The van der Waals surface area contributed by atoms with Crippen LogP contribution < -0.4 is 9.47 Å². The van der Waals surface area contributed by atoms with Crippen molar-refractivity contribution in [1.82, 2.24) is 4.90 Å². The molecule has 5 heteroatoms. The highest BCUT2D eigenvalue weighted by atomic mass is 16.5. The van der Waals surface area contributed by atoms with Gasteiger partial charge in [-0.1, -0.05) is 6.92 Å². The number of hydrogen-bond acceptors (Lipinski definition) is 4. The van der Waals surface area contributed by atoms with Gasteiger partial charge in [-0.25, -0.2) is 0 Å². The van der Waals surface area contributed by atoms with Crippen molar-refractivity contribution in [2.24, 2.45) is 0 Å². The quantitative estimate of drug-likeness (QED) is 0.774. The molecule has 1 aromatic rings. The van der Waals surface area contributed by atoms with E-state index in [1.807, 2.05) is 4.90 Å². The molecule has 0 radical (unpaired) electrons. The fourth-order valence-corrected chi connectivity index (χ4v) is 2.89. The predicted octanol–water partition coefficient (Wildman–Crippen LogP) is 3.13. The minimum Gasteiger partial charge on any atom is -0.497 e. The van der Waals surface area contributed by atoms with Gasteiger partial charge in [0.05, 0.1) is 25.9 Å². The van der Waals surface area contributed by atoms with Crippen LogP contribution in [-0.2, 0) is 4.74 Å². The molecule has 1 amide bonds. The average Bonchev–Trinajstić information content (AvgIpc) is 2.61. The van der Waals surface area contributed by atoms with E-state index in [4.69, 9.17) is 14.2 Å². The van der Waals surface area contributed by atoms with Crippen LogP contribution in [-0.4, -0.2) is 50.8 Å². The molecule has 0 spiro atoms. The monoisotopic (exact) mass is 321 g/mol. The van der Waals surface area contributed by atoms with Gasteiger partial charge in [0, 0.05) is 25.8 Å². The van der Waals surface area contributed by atoms with Gasteiger partial charge >= 0.3 is 0 Å². The summed E-state index contributed by atoms with van der Waals surface area (Å²) in [6.45, 7) is 4.23. The fourth-order valence-electron chi connectivity index (χ4n) is 2.89. The highest BCUT2D eigenvalue weighted by molar-refractivity contribution is 5.97. The number of ether oxygens (including phenoxy) is 3. The van der Waals surface area contributed by atoms with Gasteiger partial charge in [0.2, 0.25) is 0 Å². The van der Waals surface area contributed by atoms with Crippen molar-refractivity contribution >= 4 is 5.91 Å². The van der Waals surface area contributed by atoms with E-state index in [1.165, 1.54) is 6.42 Å². The third kappa shape index (κ3) is 4.61. The Bertz CT molecular complexity index is 512. The van der Waals surface area contributed by atoms with Gasteiger partial charge in [0.15, 0.2) is 0 Å². The normalized spacial score (nSPS) is 17.6. The molecule has 2 rings (SSSR count). The largest absolute Gasteiger partial charge is 0.497 e. The molecule has 1 aromatic carbocycles. The summed E-state index contributed by atoms with van der Waals surface area (Å²) >= 11 is 0. The number of hydrogen-bond donors (Lipinski definition) is 0. The number of nitrogens with zero attached hydrogens (tertiary/aromatic N) is 1. The Kier molecular flexibility index (Phi) is 6.71. The maximum Gasteiger partial charge on any atom is 0.257 e. The van der Waals surface area contributed by atoms with E-state index in [1.54, 1.807) is 32.4 Å². The van der Waals surface area contributed by atoms with Gasteiger partial charge in [0.1, 0.15) is 11.5 Å². The van der Waals surface area contributed by atoms with Crippen LogP contribution in [0, 0.1) is 0 Å². The first-order valence-corrected chi connectivity index (χ1v) is 8.32. The molecule has 1 atom stereocenters. The van der Waals surface area contributed by atoms with Crippen molar-refractivity contribution in [1.29, 1.82) is 0 Å². The molecule has 1 fully saturated rings. The second kappa shape index (κ2) is 8.77. The van der Waals surface area contributed by atoms with Gasteiger partial charge in [-0.3, -0.25) is 4.79 Å². The van der Waals surface area contributed by atoms with E-state index in [-0.39, 0.29) is 12.0 Å². The second-order valence-electron chi connectivity index (χ2n) is 5.81. The molecular weight excluding hydrogens is 294 g/mol. The number of amides is 1. The van der Waals surface area contributed by atoms with Gasteiger partial charge in [0.25, 0.3) is 5.91 Å². The number of carbonyl (C=O) groups is 1. The van der Waals surface area contributed by atoms with Crippen molar-refractivity contribution in [2.75, 3.05) is 33.9 Å². The van der Waals surface area contributed by atoms with Gasteiger partial charge in [-0.05, 0) is 37.8 Å². The predicted molar refractivity (Wildman–Crippen MR) is 89.3 cm³/mol. The van der Waals surface area contributed by atoms with Crippen LogP contribution in [0.1, 0.15) is 43.0 Å². The molecular formula is C18H27NO4. The lowest BCUT2D eigenvalue weighted by molar-refractivity contribution is -0.00389. The Balaban J connectivity index is 2.16. The first kappa shape index (κ1) is 17.6. The van der Waals surface area contributed by atoms with Crippen molar-refractivity contribution in [3.05, 3.63) is 23.8 Å². The highest BCUT2D eigenvalue weighted by Gasteiger charge is 2.24. The number of benzene rings is 1. The summed E-state index contributed by atoms with van der Waals surface area (Å²) in [5.41, 5.74) is 0.567. The molecule has 1 saturated heterocycles. The van der Waals surface area contributed by atoms with Crippen molar-refractivity contribution < 1.29 is 19.0 Å². The lowest BCUT2D eigenvalue weighted by Crippen LogP contribution is -2.40. The van der Waals surface area contributed by atoms with E-state index in [9.17, 15) is 4.79 Å². The number of carbonyl (C=O) groups excluding carboxylic acids is 1. The van der Waals surface area contributed by atoms with Crippen LogP contribution in [0.4, 0.5) is 0 Å². The molecule has 0 bridgehead atoms. The number of rotatable bonds is 7. The number of methoxy groups -OCH3 is 2. The maximum absolute atomic E-state index is 12.9. The van der Waals surface area contributed by atoms with E-state index in [0.717, 1.165) is 25.9 Å². The third-order valence-corrected chi connectivity index (χ3v) is 4.12. The Morgan fingerprint density at radius 1 is 1.30 bits per heavy atom. The molecule has 0 aromatic heterocycles. The zero-order valence-electron chi connectivity index (χ0n) is 14.3. The Hall–Kier alpha value is -1.75. The lowest BCUT2D eigenvalue weighted by Gasteiger charge is -2.30. The summed E-state index contributed by atoms with van der Waals surface area (Å²) in [6, 6.07) is 5.30. The van der Waals surface area contributed by atoms with Crippen molar-refractivity contribution in [3.63, 3.8) is 0 Å². The molecule has 1 aliphatic rings. The minimum atomic E-state index is -0.0134. The summed E-state index contributed by atoms with van der Waals surface area (Å²) in [7, 11) is 3.17. The Morgan fingerprint density at radius 3 is 2.74 bits per heavy atom. The van der Waals surface area contributed by atoms with E-state index >= 15 is 0 Å². The SMILES string of the molecule is CCCN(C[C@@H]1CCCCO1)C(=O)c1ccc(OC)cc1OC. The lowest BCUT2D eigenvalue weighted by atomic mass is 10.1. The molecule has 0 N–H and O–H groups in total. The Morgan fingerprint density at radius 2 is 2.13 bits per heavy atom. The summed E-state index contributed by atoms with van der Waals surface area (Å²) in [6.07, 6.45) is 4.36. The second-order valence-corrected chi connectivity index (χ2v) is 5.81. The topological polar surface area (TPSA) is 48.0 Å². The molecule has 5 nitrogen and oxygen atoms in total. The summed E-state index contributed by atoms with van der Waals surface area (Å²) < 4.78 is 16.4. The van der Waals surface area contributed by atoms with E-state index in [0.29, 0.717) is 30.2 Å². The Labute approximate surface area is 138 Å². The molecule has 23 heavy (non-hydrogen) atoms. The zero-order valence-corrected chi connectivity index (χ0v) is 14.3. The van der Waals surface area contributed by atoms with E-state index < -0.39 is 0 Å². The zero-order chi connectivity index (χ0) is 16.7. The maximum atomic E-state index is 12.9. The minimum absolute atomic E-state index is 0.0134. The molecule has 0 saturated carbocycles. The molecule has 0 aliphatic carbocycles. The molecule has 1 aliphatic heterocycles. The van der Waals surface area contributed by atoms with Crippen LogP contribution in [0.2, 0.25) is 0 Å². The fraction of sp³-hybridized carbons (Fsp3) is 0.611. The van der Waals surface area contributed by atoms with Crippen LogP contribution >= 0.6 is 0 Å². The average molecular weight is 321 g/mol. The van der Waals surface area contributed by atoms with Gasteiger partial charge in [-0.15, -0.1) is 0 Å². The van der Waals surface area contributed by atoms with Crippen LogP contribution in [0.25, 0.3) is 0 Å². The smallest absolute Gasteiger partial charge is 0.257 e. The highest BCUT2D eigenvalue weighted by Crippen LogP contribution is 2.26. The first-order valence-electron chi connectivity index (χ1n) is 8.32. The first-order chi connectivity index (χ1) is 11.2. The molecule has 128 valence electrons. The summed E-state index contributed by atoms with van der Waals surface area (Å²) in [5.74, 6) is 1.21. The van der Waals surface area contributed by atoms with E-state index in [2.05, 4.69) is 6.92 Å². The van der Waals surface area contributed by atoms with Crippen LogP contribution in [0.3, 0.4) is 0 Å². The van der Waals surface area contributed by atoms with Crippen molar-refractivity contribution in [2.45, 2.75) is 38.7 Å². The van der Waals surface area contributed by atoms with Crippen LogP contribution in [0.15, 0.2) is 18.2 Å². The summed E-state index contributed by atoms with van der Waals surface area (Å²) in [4.78, 5) is 14.8. The van der Waals surface area contributed by atoms with Crippen LogP contribution in [0.5, 0.6) is 11.5 Å². The summed E-state index contributed by atoms with van der Waals surface area (Å²) in [5, 5.41) is 0. The van der Waals surface area contributed by atoms with Crippen molar-refractivity contribution in [3.8, 4) is 11.5 Å². The third-order valence-electron chi connectivity index (χ3n) is 4.12. The molecule has 1 heterocycles.